The molecule has 0 saturated carbocycles. The molecule has 50 valence electrons. The van der Waals surface area contributed by atoms with Gasteiger partial charge in [-0.3, -0.25) is 4.99 Å². The molecule has 0 atom stereocenters. The monoisotopic (exact) mass is 236 g/mol. The van der Waals surface area contributed by atoms with Crippen LogP contribution < -0.4 is 5.73 Å². The van der Waals surface area contributed by atoms with Gasteiger partial charge in [-0.05, 0) is 35.6 Å². The summed E-state index contributed by atoms with van der Waals surface area (Å²) in [5.41, 5.74) is 6.17. The van der Waals surface area contributed by atoms with E-state index in [1.165, 1.54) is 0 Å². The van der Waals surface area contributed by atoms with Crippen LogP contribution in [0.3, 0.4) is 0 Å². The van der Waals surface area contributed by atoms with Crippen LogP contribution in [-0.2, 0) is 0 Å². The third-order valence-electron chi connectivity index (χ3n) is 0.687. The summed E-state index contributed by atoms with van der Waals surface area (Å²) in [4.78, 5) is 3.95. The second-order valence-corrected chi connectivity index (χ2v) is 2.73. The number of halogens is 1. The lowest BCUT2D eigenvalue weighted by molar-refractivity contribution is 1.46. The Balaban J connectivity index is 3.98. The van der Waals surface area contributed by atoms with Gasteiger partial charge >= 0.3 is 0 Å². The van der Waals surface area contributed by atoms with E-state index in [4.69, 9.17) is 5.73 Å². The zero-order valence-corrected chi connectivity index (χ0v) is 7.42. The van der Waals surface area contributed by atoms with Crippen molar-refractivity contribution < 1.29 is 0 Å². The molecule has 0 aliphatic heterocycles. The fraction of sp³-hybridized carbons (Fsp3) is 0.167. The number of nitrogens with zero attached hydrogens (tertiary/aromatic N) is 1. The molecule has 0 spiro atoms. The highest BCUT2D eigenvalue weighted by atomic mass is 127. The normalized spacial score (nSPS) is 13.6. The van der Waals surface area contributed by atoms with Crippen LogP contribution in [-0.4, -0.2) is 5.71 Å². The number of hydrogen-bond acceptors (Lipinski definition) is 2. The van der Waals surface area contributed by atoms with Gasteiger partial charge in [-0.25, -0.2) is 0 Å². The van der Waals surface area contributed by atoms with Crippen LogP contribution in [0.4, 0.5) is 0 Å². The molecule has 2 N–H and O–H groups in total. The summed E-state index contributed by atoms with van der Waals surface area (Å²) in [5.74, 6) is 0. The maximum Gasteiger partial charge on any atom is 0.0891 e. The van der Waals surface area contributed by atoms with Crippen LogP contribution >= 0.6 is 22.6 Å². The Morgan fingerprint density at radius 1 is 1.78 bits per heavy atom. The average molecular weight is 236 g/mol. The molecule has 0 aromatic rings. The van der Waals surface area contributed by atoms with Gasteiger partial charge in [-0.15, -0.1) is 0 Å². The molecule has 0 aromatic heterocycles. The lowest BCUT2D eigenvalue weighted by atomic mass is 10.4. The minimum atomic E-state index is 0.675. The van der Waals surface area contributed by atoms with Gasteiger partial charge in [0.15, 0.2) is 0 Å². The van der Waals surface area contributed by atoms with Crippen molar-refractivity contribution >= 4 is 28.3 Å². The molecule has 0 aliphatic rings. The highest BCUT2D eigenvalue weighted by Crippen LogP contribution is 1.95. The highest BCUT2D eigenvalue weighted by molar-refractivity contribution is 14.1. The van der Waals surface area contributed by atoms with Crippen LogP contribution in [0, 0.1) is 0 Å². The maximum absolute atomic E-state index is 5.30. The number of rotatable bonds is 2. The van der Waals surface area contributed by atoms with E-state index in [1.54, 1.807) is 12.3 Å². The lowest BCUT2D eigenvalue weighted by Gasteiger charge is -1.84. The molecule has 0 rings (SSSR count). The second-order valence-electron chi connectivity index (χ2n) is 1.49. The Kier molecular flexibility index (Phi) is 4.39. The van der Waals surface area contributed by atoms with Crippen LogP contribution in [0.5, 0.6) is 0 Å². The largest absolute Gasteiger partial charge is 0.393 e. The van der Waals surface area contributed by atoms with E-state index in [1.807, 2.05) is 29.5 Å². The van der Waals surface area contributed by atoms with Gasteiger partial charge in [-0.1, -0.05) is 6.58 Å². The van der Waals surface area contributed by atoms with E-state index in [0.29, 0.717) is 3.70 Å². The van der Waals surface area contributed by atoms with Gasteiger partial charge in [0.05, 0.1) is 9.90 Å². The molecule has 0 amide bonds. The Hall–Kier alpha value is -0.320. The Morgan fingerprint density at radius 3 is 2.67 bits per heavy atom. The van der Waals surface area contributed by atoms with Crippen molar-refractivity contribution in [3.05, 3.63) is 22.6 Å². The molecular formula is C6H9IN2. The van der Waals surface area contributed by atoms with E-state index >= 15 is 0 Å². The number of hydrogen-bond donors (Lipinski definition) is 1. The topological polar surface area (TPSA) is 38.4 Å². The third kappa shape index (κ3) is 5.55. The van der Waals surface area contributed by atoms with Gasteiger partial charge in [0, 0.05) is 5.71 Å². The predicted octanol–water partition coefficient (Wildman–Crippen LogP) is 1.83. The van der Waals surface area contributed by atoms with Gasteiger partial charge in [0.1, 0.15) is 0 Å². The fourth-order valence-electron chi connectivity index (χ4n) is 0.216. The van der Waals surface area contributed by atoms with Crippen LogP contribution in [0.2, 0.25) is 0 Å². The van der Waals surface area contributed by atoms with Crippen molar-refractivity contribution in [2.45, 2.75) is 6.92 Å². The van der Waals surface area contributed by atoms with Crippen molar-refractivity contribution in [2.75, 3.05) is 0 Å². The van der Waals surface area contributed by atoms with Crippen molar-refractivity contribution in [3.63, 3.8) is 0 Å². The quantitative estimate of drug-likeness (QED) is 0.443. The van der Waals surface area contributed by atoms with Gasteiger partial charge < -0.3 is 5.73 Å². The van der Waals surface area contributed by atoms with E-state index < -0.39 is 0 Å². The Bertz CT molecular complexity index is 154. The molecule has 0 bridgehead atoms. The summed E-state index contributed by atoms with van der Waals surface area (Å²) in [5, 5.41) is 0. The van der Waals surface area contributed by atoms with E-state index in [2.05, 4.69) is 11.6 Å². The molecule has 3 heteroatoms. The van der Waals surface area contributed by atoms with E-state index in [-0.39, 0.29) is 0 Å². The summed E-state index contributed by atoms with van der Waals surface area (Å²) >= 11 is 1.99. The molecule has 0 aromatic carbocycles. The third-order valence-corrected chi connectivity index (χ3v) is 0.965. The zero-order chi connectivity index (χ0) is 7.28. The maximum atomic E-state index is 5.30. The first kappa shape index (κ1) is 8.68. The molecule has 0 heterocycles. The predicted molar refractivity (Wildman–Crippen MR) is 49.6 cm³/mol. The average Bonchev–Trinajstić information content (AvgIpc) is 1.83. The minimum Gasteiger partial charge on any atom is -0.393 e. The SMILES string of the molecule is C=CC(C)=N/C=C(\N)I. The van der Waals surface area contributed by atoms with E-state index in [0.717, 1.165) is 5.71 Å². The second kappa shape index (κ2) is 4.55. The summed E-state index contributed by atoms with van der Waals surface area (Å²) < 4.78 is 0.675. The Labute approximate surface area is 68.7 Å². The number of allylic oxidation sites excluding steroid dienone is 1. The molecule has 0 saturated heterocycles. The summed E-state index contributed by atoms with van der Waals surface area (Å²) in [7, 11) is 0. The molecule has 0 fully saturated rings. The van der Waals surface area contributed by atoms with Crippen LogP contribution in [0.15, 0.2) is 27.6 Å². The molecule has 0 radical (unpaired) electrons. The first-order valence-corrected chi connectivity index (χ1v) is 3.52. The van der Waals surface area contributed by atoms with E-state index in [9.17, 15) is 0 Å². The molecule has 0 aliphatic carbocycles. The summed E-state index contributed by atoms with van der Waals surface area (Å²) in [6.45, 7) is 5.40. The first-order chi connectivity index (χ1) is 4.16. The van der Waals surface area contributed by atoms with Gasteiger partial charge in [0.25, 0.3) is 0 Å². The standard InChI is InChI=1S/C6H9IN2/c1-3-5(2)9-4-6(7)8/h3-4H,1,8H2,2H3/b6-4-,9-5?. The number of nitrogens with two attached hydrogens (primary N) is 1. The minimum absolute atomic E-state index is 0.675. The molecule has 0 unspecified atom stereocenters. The van der Waals surface area contributed by atoms with Gasteiger partial charge in [0.2, 0.25) is 0 Å². The summed E-state index contributed by atoms with van der Waals surface area (Å²) in [6, 6.07) is 0. The van der Waals surface area contributed by atoms with Crippen molar-refractivity contribution in [2.24, 2.45) is 10.7 Å². The van der Waals surface area contributed by atoms with Crippen molar-refractivity contribution in [1.82, 2.24) is 0 Å². The summed E-state index contributed by atoms with van der Waals surface area (Å²) in [6.07, 6.45) is 3.27. The smallest absolute Gasteiger partial charge is 0.0891 e. The number of aliphatic imine (C=N–C) groups is 1. The fourth-order valence-corrected chi connectivity index (χ4v) is 0.355. The zero-order valence-electron chi connectivity index (χ0n) is 5.26. The van der Waals surface area contributed by atoms with Gasteiger partial charge in [-0.2, -0.15) is 0 Å². The lowest BCUT2D eigenvalue weighted by Crippen LogP contribution is -1.86. The molecular weight excluding hydrogens is 227 g/mol. The Morgan fingerprint density at radius 2 is 2.33 bits per heavy atom. The van der Waals surface area contributed by atoms with Crippen LogP contribution in [0.1, 0.15) is 6.92 Å². The molecule has 9 heavy (non-hydrogen) atoms. The molecule has 2 nitrogen and oxygen atoms in total. The first-order valence-electron chi connectivity index (χ1n) is 2.45. The van der Waals surface area contributed by atoms with Crippen molar-refractivity contribution in [1.29, 1.82) is 0 Å². The van der Waals surface area contributed by atoms with Crippen LogP contribution in [0.25, 0.3) is 0 Å². The van der Waals surface area contributed by atoms with Crippen molar-refractivity contribution in [3.8, 4) is 0 Å². The highest BCUT2D eigenvalue weighted by Gasteiger charge is 1.77.